The molecule has 2 amide bonds. The highest BCUT2D eigenvalue weighted by Gasteiger charge is 2.25. The van der Waals surface area contributed by atoms with Crippen molar-refractivity contribution < 1.29 is 19.1 Å². The molecule has 0 aliphatic carbocycles. The molecule has 1 saturated heterocycles. The Kier molecular flexibility index (Phi) is 7.04. The molecule has 0 spiro atoms. The zero-order valence-corrected chi connectivity index (χ0v) is 17.8. The van der Waals surface area contributed by atoms with Crippen molar-refractivity contribution in [2.45, 2.75) is 32.2 Å². The third-order valence-corrected chi connectivity index (χ3v) is 5.30. The minimum atomic E-state index is -0.422. The van der Waals surface area contributed by atoms with Gasteiger partial charge in [-0.05, 0) is 48.7 Å². The fraction of sp³-hybridized carbons (Fsp3) is 0.318. The predicted octanol–water partition coefficient (Wildman–Crippen LogP) is 3.34. The van der Waals surface area contributed by atoms with Crippen molar-refractivity contribution >= 4 is 33.7 Å². The Bertz CT molecular complexity index is 890. The third kappa shape index (κ3) is 6.15. The topological polar surface area (TPSA) is 75.7 Å². The van der Waals surface area contributed by atoms with Crippen LogP contribution in [0.25, 0.3) is 0 Å². The van der Waals surface area contributed by atoms with Gasteiger partial charge in [-0.2, -0.15) is 0 Å². The van der Waals surface area contributed by atoms with Gasteiger partial charge in [0.15, 0.2) is 0 Å². The molecular formula is C22H23BrN2O4. The van der Waals surface area contributed by atoms with Crippen molar-refractivity contribution in [3.05, 3.63) is 64.1 Å². The molecule has 1 aliphatic rings. The van der Waals surface area contributed by atoms with Gasteiger partial charge in [0.05, 0.1) is 6.42 Å². The number of piperidine rings is 1. The number of hydrogen-bond donors (Lipinski definition) is 1. The molecule has 0 unspecified atom stereocenters. The lowest BCUT2D eigenvalue weighted by Gasteiger charge is -2.32. The van der Waals surface area contributed by atoms with Crippen LogP contribution >= 0.6 is 15.9 Å². The summed E-state index contributed by atoms with van der Waals surface area (Å²) in [6.07, 6.45) is 1.76. The number of carbonyl (C=O) groups excluding carboxylic acids is 3. The highest BCUT2D eigenvalue weighted by molar-refractivity contribution is 9.10. The first-order chi connectivity index (χ1) is 13.9. The van der Waals surface area contributed by atoms with Crippen molar-refractivity contribution in [2.24, 2.45) is 0 Å². The molecule has 29 heavy (non-hydrogen) atoms. The molecular weight excluding hydrogens is 436 g/mol. The van der Waals surface area contributed by atoms with Gasteiger partial charge >= 0.3 is 5.97 Å². The average Bonchev–Trinajstić information content (AvgIpc) is 2.69. The Hall–Kier alpha value is -2.67. The van der Waals surface area contributed by atoms with Crippen LogP contribution in [0.3, 0.4) is 0 Å². The molecule has 0 saturated carbocycles. The van der Waals surface area contributed by atoms with Gasteiger partial charge in [-0.3, -0.25) is 14.4 Å². The van der Waals surface area contributed by atoms with Gasteiger partial charge in [-0.15, -0.1) is 0 Å². The first-order valence-corrected chi connectivity index (χ1v) is 10.3. The van der Waals surface area contributed by atoms with E-state index in [-0.39, 0.29) is 17.9 Å². The van der Waals surface area contributed by atoms with E-state index in [0.29, 0.717) is 43.7 Å². The Labute approximate surface area is 178 Å². The lowest BCUT2D eigenvalue weighted by atomic mass is 10.0. The monoisotopic (exact) mass is 458 g/mol. The molecule has 0 bridgehead atoms. The molecule has 1 fully saturated rings. The van der Waals surface area contributed by atoms with Crippen LogP contribution in [0.2, 0.25) is 0 Å². The smallest absolute Gasteiger partial charge is 0.308 e. The van der Waals surface area contributed by atoms with Crippen LogP contribution in [-0.4, -0.2) is 41.8 Å². The largest absolute Gasteiger partial charge is 0.427 e. The molecule has 0 atom stereocenters. The molecule has 2 aromatic rings. The maximum Gasteiger partial charge on any atom is 0.308 e. The Morgan fingerprint density at radius 1 is 1.10 bits per heavy atom. The Balaban J connectivity index is 1.49. The molecule has 152 valence electrons. The Morgan fingerprint density at radius 3 is 2.45 bits per heavy atom. The van der Waals surface area contributed by atoms with E-state index >= 15 is 0 Å². The summed E-state index contributed by atoms with van der Waals surface area (Å²) in [7, 11) is 0. The number of carbonyl (C=O) groups is 3. The number of benzene rings is 2. The number of likely N-dealkylation sites (tertiary alicyclic amines) is 1. The fourth-order valence-corrected chi connectivity index (χ4v) is 3.60. The number of hydrogen-bond acceptors (Lipinski definition) is 4. The summed E-state index contributed by atoms with van der Waals surface area (Å²) in [5.74, 6) is -0.169. The summed E-state index contributed by atoms with van der Waals surface area (Å²) in [6, 6.07) is 14.4. The van der Waals surface area contributed by atoms with Crippen LogP contribution < -0.4 is 10.1 Å². The number of nitrogens with zero attached hydrogens (tertiary/aromatic N) is 1. The van der Waals surface area contributed by atoms with E-state index in [1.807, 2.05) is 24.3 Å². The van der Waals surface area contributed by atoms with E-state index in [4.69, 9.17) is 4.74 Å². The number of nitrogens with one attached hydrogen (secondary N) is 1. The average molecular weight is 459 g/mol. The van der Waals surface area contributed by atoms with Crippen molar-refractivity contribution in [1.29, 1.82) is 0 Å². The van der Waals surface area contributed by atoms with Crippen molar-refractivity contribution in [3.63, 3.8) is 0 Å². The molecule has 7 heteroatoms. The van der Waals surface area contributed by atoms with E-state index in [1.54, 1.807) is 29.2 Å². The van der Waals surface area contributed by atoms with Crippen molar-refractivity contribution in [3.8, 4) is 5.75 Å². The summed E-state index contributed by atoms with van der Waals surface area (Å²) < 4.78 is 6.03. The van der Waals surface area contributed by atoms with E-state index < -0.39 is 5.97 Å². The standard InChI is InChI=1S/C22H23BrN2O4/c1-15(26)29-20-4-2-3-17(14-20)22(28)25-11-9-19(10-12-25)24-21(27)13-16-5-7-18(23)8-6-16/h2-8,14,19H,9-13H2,1H3,(H,24,27). The highest BCUT2D eigenvalue weighted by atomic mass is 79.9. The first-order valence-electron chi connectivity index (χ1n) is 9.52. The van der Waals surface area contributed by atoms with Crippen molar-refractivity contribution in [2.75, 3.05) is 13.1 Å². The van der Waals surface area contributed by atoms with Gasteiger partial charge < -0.3 is 15.0 Å². The van der Waals surface area contributed by atoms with Gasteiger partial charge in [-0.1, -0.05) is 34.1 Å². The fourth-order valence-electron chi connectivity index (χ4n) is 3.33. The van der Waals surface area contributed by atoms with Crippen LogP contribution in [0.1, 0.15) is 35.7 Å². The van der Waals surface area contributed by atoms with Gasteiger partial charge in [0.25, 0.3) is 5.91 Å². The van der Waals surface area contributed by atoms with E-state index in [2.05, 4.69) is 21.2 Å². The summed E-state index contributed by atoms with van der Waals surface area (Å²) in [5.41, 5.74) is 1.45. The van der Waals surface area contributed by atoms with Gasteiger partial charge in [-0.25, -0.2) is 0 Å². The SMILES string of the molecule is CC(=O)Oc1cccc(C(=O)N2CCC(NC(=O)Cc3ccc(Br)cc3)CC2)c1. The maximum atomic E-state index is 12.7. The lowest BCUT2D eigenvalue weighted by Crippen LogP contribution is -2.46. The van der Waals surface area contributed by atoms with Crippen LogP contribution in [0.5, 0.6) is 5.75 Å². The van der Waals surface area contributed by atoms with Crippen molar-refractivity contribution in [1.82, 2.24) is 10.2 Å². The molecule has 0 radical (unpaired) electrons. The minimum Gasteiger partial charge on any atom is -0.427 e. The second-order valence-corrected chi connectivity index (χ2v) is 7.97. The van der Waals surface area contributed by atoms with Crippen LogP contribution in [0.15, 0.2) is 53.0 Å². The second kappa shape index (κ2) is 9.69. The summed E-state index contributed by atoms with van der Waals surface area (Å²) in [6.45, 7) is 2.46. The maximum absolute atomic E-state index is 12.7. The number of ether oxygens (including phenoxy) is 1. The normalized spacial score (nSPS) is 14.3. The Morgan fingerprint density at radius 2 is 1.79 bits per heavy atom. The summed E-state index contributed by atoms with van der Waals surface area (Å²) in [4.78, 5) is 37.9. The van der Waals surface area contributed by atoms with E-state index in [0.717, 1.165) is 10.0 Å². The second-order valence-electron chi connectivity index (χ2n) is 7.06. The molecule has 3 rings (SSSR count). The quantitative estimate of drug-likeness (QED) is 0.550. The number of halogens is 1. The first kappa shape index (κ1) is 21.0. The summed E-state index contributed by atoms with van der Waals surface area (Å²) in [5, 5.41) is 3.07. The lowest BCUT2D eigenvalue weighted by molar-refractivity contribution is -0.131. The molecule has 0 aromatic heterocycles. The van der Waals surface area contributed by atoms with Crippen LogP contribution in [0, 0.1) is 0 Å². The zero-order valence-electron chi connectivity index (χ0n) is 16.2. The molecule has 1 heterocycles. The number of esters is 1. The van der Waals surface area contributed by atoms with E-state index in [9.17, 15) is 14.4 Å². The molecule has 1 aliphatic heterocycles. The van der Waals surface area contributed by atoms with Crippen LogP contribution in [-0.2, 0) is 16.0 Å². The summed E-state index contributed by atoms with van der Waals surface area (Å²) >= 11 is 3.39. The highest BCUT2D eigenvalue weighted by Crippen LogP contribution is 2.18. The van der Waals surface area contributed by atoms with E-state index in [1.165, 1.54) is 6.92 Å². The molecule has 6 nitrogen and oxygen atoms in total. The van der Waals surface area contributed by atoms with Gasteiger partial charge in [0.1, 0.15) is 5.75 Å². The number of rotatable bonds is 5. The minimum absolute atomic E-state index is 0.00817. The van der Waals surface area contributed by atoms with Crippen LogP contribution in [0.4, 0.5) is 0 Å². The third-order valence-electron chi connectivity index (χ3n) is 4.77. The molecule has 1 N–H and O–H groups in total. The van der Waals surface area contributed by atoms with Gasteiger partial charge in [0.2, 0.25) is 5.91 Å². The number of amides is 2. The zero-order chi connectivity index (χ0) is 20.8. The predicted molar refractivity (Wildman–Crippen MR) is 113 cm³/mol. The van der Waals surface area contributed by atoms with Gasteiger partial charge in [0, 0.05) is 36.1 Å². The molecule has 2 aromatic carbocycles.